The van der Waals surface area contributed by atoms with Crippen molar-refractivity contribution in [1.29, 1.82) is 0 Å². The van der Waals surface area contributed by atoms with Crippen LogP contribution in [0, 0.1) is 35.5 Å². The summed E-state index contributed by atoms with van der Waals surface area (Å²) in [6, 6.07) is 0. The SMILES string of the molecule is CC.CC.CC.CC.C[C@@H]1CCC1=O.C[C@@H]1CCCC1=O.C[C@@H]1CCCCC1=O.C[C@@H]1CCCCCC1=O.C[C@@H]1CCCCC[C@H](C)C1=O. The lowest BCUT2D eigenvalue weighted by Crippen LogP contribution is -2.21. The topological polar surface area (TPSA) is 85.3 Å². The molecule has 0 saturated heterocycles. The van der Waals surface area contributed by atoms with Gasteiger partial charge in [0.25, 0.3) is 0 Å². The maximum Gasteiger partial charge on any atom is 0.138 e. The summed E-state index contributed by atoms with van der Waals surface area (Å²) < 4.78 is 0. The highest BCUT2D eigenvalue weighted by Crippen LogP contribution is 2.23. The van der Waals surface area contributed by atoms with E-state index in [1.807, 2.05) is 83.1 Å². The van der Waals surface area contributed by atoms with Gasteiger partial charge in [0.15, 0.2) is 0 Å². The summed E-state index contributed by atoms with van der Waals surface area (Å²) >= 11 is 0. The fourth-order valence-corrected chi connectivity index (χ4v) is 5.88. The van der Waals surface area contributed by atoms with Crippen LogP contribution in [0.2, 0.25) is 0 Å². The van der Waals surface area contributed by atoms with E-state index in [-0.39, 0.29) is 0 Å². The van der Waals surface area contributed by atoms with E-state index in [1.165, 1.54) is 38.5 Å². The van der Waals surface area contributed by atoms with Gasteiger partial charge in [0.2, 0.25) is 0 Å². The first-order valence-electron chi connectivity index (χ1n) is 21.1. The second-order valence-electron chi connectivity index (χ2n) is 13.6. The van der Waals surface area contributed by atoms with E-state index in [1.54, 1.807) is 0 Å². The number of hydrogen-bond donors (Lipinski definition) is 0. The lowest BCUT2D eigenvalue weighted by Gasteiger charge is -2.19. The van der Waals surface area contributed by atoms with Gasteiger partial charge < -0.3 is 0 Å². The fraction of sp³-hybridized carbons (Fsp3) is 0.886. The summed E-state index contributed by atoms with van der Waals surface area (Å²) in [5, 5.41) is 0. The Labute approximate surface area is 306 Å². The quantitative estimate of drug-likeness (QED) is 0.236. The standard InChI is InChI=1S/C10H18O.C8H14O.C7H12O.C6H10O.C5H8O.4C2H6/c1-8-6-4-3-5-7-9(2)10(8)11;1-7-5-3-2-4-6-8(7)9;1-6-4-2-3-5-7(6)8;1-5-3-2-4-6(5)7;1-4-2-3-5(4)6;4*1-2/h8-9H,3-7H2,1-2H3;7H,2-6H2,1H3;6H,2-5H2,1H3;5H,2-4H2,1H3;4H,2-3H2,1H3;4*1-2H3/t8-,9+;7-;6-;5-;4-;;;;/m.1111..../s1. The van der Waals surface area contributed by atoms with E-state index in [4.69, 9.17) is 0 Å². The van der Waals surface area contributed by atoms with Crippen LogP contribution in [0.4, 0.5) is 0 Å². The van der Waals surface area contributed by atoms with Crippen molar-refractivity contribution in [1.82, 2.24) is 0 Å². The van der Waals surface area contributed by atoms with Gasteiger partial charge in [-0.05, 0) is 57.8 Å². The molecule has 0 bridgehead atoms. The molecule has 5 saturated carbocycles. The van der Waals surface area contributed by atoms with Crippen molar-refractivity contribution in [2.24, 2.45) is 35.5 Å². The van der Waals surface area contributed by atoms with Crippen LogP contribution in [0.15, 0.2) is 0 Å². The van der Waals surface area contributed by atoms with Gasteiger partial charge in [0.1, 0.15) is 28.9 Å². The highest BCUT2D eigenvalue weighted by atomic mass is 16.1. The first-order valence-corrected chi connectivity index (χ1v) is 21.1. The Kier molecular flexibility index (Phi) is 41.5. The van der Waals surface area contributed by atoms with Crippen molar-refractivity contribution in [2.45, 2.75) is 219 Å². The summed E-state index contributed by atoms with van der Waals surface area (Å²) in [4.78, 5) is 54.1. The van der Waals surface area contributed by atoms with Crippen molar-refractivity contribution >= 4 is 28.9 Å². The summed E-state index contributed by atoms with van der Waals surface area (Å²) in [6.45, 7) is 28.2. The summed E-state index contributed by atoms with van der Waals surface area (Å²) in [5.41, 5.74) is 0. The number of carbonyl (C=O) groups excluding carboxylic acids is 5. The Bertz CT molecular complexity index is 802. The monoisotopic (exact) mass is 695 g/mol. The molecule has 0 aromatic heterocycles. The molecule has 0 radical (unpaired) electrons. The van der Waals surface area contributed by atoms with Crippen LogP contribution < -0.4 is 0 Å². The molecule has 5 rings (SSSR count). The Morgan fingerprint density at radius 3 is 0.816 bits per heavy atom. The normalized spacial score (nSPS) is 27.3. The molecule has 49 heavy (non-hydrogen) atoms. The minimum Gasteiger partial charge on any atom is -0.299 e. The van der Waals surface area contributed by atoms with E-state index >= 15 is 0 Å². The molecular weight excluding hydrogens is 608 g/mol. The van der Waals surface area contributed by atoms with Gasteiger partial charge in [-0.2, -0.15) is 0 Å². The average molecular weight is 695 g/mol. The Hall–Kier alpha value is -1.65. The molecule has 0 heterocycles. The molecular formula is C44H86O5. The van der Waals surface area contributed by atoms with Gasteiger partial charge in [0, 0.05) is 61.2 Å². The number of carbonyl (C=O) groups is 5. The van der Waals surface area contributed by atoms with Gasteiger partial charge in [-0.15, -0.1) is 0 Å². The molecule has 0 aliphatic heterocycles. The van der Waals surface area contributed by atoms with Crippen molar-refractivity contribution in [2.75, 3.05) is 0 Å². The third kappa shape index (κ3) is 28.7. The molecule has 5 fully saturated rings. The van der Waals surface area contributed by atoms with Crippen molar-refractivity contribution in [3.8, 4) is 0 Å². The molecule has 5 nitrogen and oxygen atoms in total. The highest BCUT2D eigenvalue weighted by Gasteiger charge is 2.22. The average Bonchev–Trinajstić information content (AvgIpc) is 3.41. The number of ketones is 5. The van der Waals surface area contributed by atoms with Crippen molar-refractivity contribution in [3.63, 3.8) is 0 Å². The maximum atomic E-state index is 11.5. The minimum atomic E-state index is 0.324. The van der Waals surface area contributed by atoms with E-state index in [9.17, 15) is 24.0 Å². The zero-order valence-electron chi connectivity index (χ0n) is 35.4. The van der Waals surface area contributed by atoms with Crippen molar-refractivity contribution in [3.05, 3.63) is 0 Å². The number of hydrogen-bond acceptors (Lipinski definition) is 5. The predicted octanol–water partition coefficient (Wildman–Crippen LogP) is 13.2. The van der Waals surface area contributed by atoms with Gasteiger partial charge >= 0.3 is 0 Å². The van der Waals surface area contributed by atoms with Crippen LogP contribution in [0.1, 0.15) is 219 Å². The molecule has 0 N–H and O–H groups in total. The Morgan fingerprint density at radius 2 is 0.531 bits per heavy atom. The highest BCUT2D eigenvalue weighted by molar-refractivity contribution is 5.86. The van der Waals surface area contributed by atoms with Crippen molar-refractivity contribution < 1.29 is 24.0 Å². The molecule has 0 unspecified atom stereocenters. The summed E-state index contributed by atoms with van der Waals surface area (Å²) in [7, 11) is 0. The molecule has 5 aliphatic carbocycles. The Balaban J connectivity index is -0.000000248. The minimum absolute atomic E-state index is 0.324. The second-order valence-corrected chi connectivity index (χ2v) is 13.6. The van der Waals surface area contributed by atoms with Crippen LogP contribution >= 0.6 is 0 Å². The maximum absolute atomic E-state index is 11.5. The molecule has 0 aromatic carbocycles. The molecule has 0 amide bonds. The third-order valence-corrected chi connectivity index (χ3v) is 9.70. The zero-order chi connectivity index (χ0) is 38.8. The van der Waals surface area contributed by atoms with Crippen LogP contribution in [0.5, 0.6) is 0 Å². The molecule has 5 heteroatoms. The first-order chi connectivity index (χ1) is 23.4. The molecule has 292 valence electrons. The number of rotatable bonds is 0. The van der Waals surface area contributed by atoms with E-state index in [0.717, 1.165) is 83.5 Å². The van der Waals surface area contributed by atoms with Gasteiger partial charge in [-0.1, -0.05) is 135 Å². The van der Waals surface area contributed by atoms with Crippen LogP contribution in [0.3, 0.4) is 0 Å². The van der Waals surface area contributed by atoms with Gasteiger partial charge in [-0.25, -0.2) is 0 Å². The molecule has 6 atom stereocenters. The van der Waals surface area contributed by atoms with Gasteiger partial charge in [-0.3, -0.25) is 24.0 Å². The fourth-order valence-electron chi connectivity index (χ4n) is 5.88. The van der Waals surface area contributed by atoms with Crippen LogP contribution in [-0.2, 0) is 24.0 Å². The summed E-state index contributed by atoms with van der Waals surface area (Å²) in [5.74, 6) is 4.47. The molecule has 5 aliphatic rings. The lowest BCUT2D eigenvalue weighted by atomic mass is 9.85. The largest absolute Gasteiger partial charge is 0.299 e. The first kappa shape index (κ1) is 54.1. The van der Waals surface area contributed by atoms with Crippen LogP contribution in [-0.4, -0.2) is 28.9 Å². The molecule has 0 spiro atoms. The third-order valence-electron chi connectivity index (χ3n) is 9.70. The predicted molar refractivity (Wildman–Crippen MR) is 213 cm³/mol. The van der Waals surface area contributed by atoms with Gasteiger partial charge in [0.05, 0.1) is 0 Å². The lowest BCUT2D eigenvalue weighted by molar-refractivity contribution is -0.128. The van der Waals surface area contributed by atoms with E-state index < -0.39 is 0 Å². The second kappa shape index (κ2) is 37.6. The van der Waals surface area contributed by atoms with Crippen LogP contribution in [0.25, 0.3) is 0 Å². The van der Waals surface area contributed by atoms with E-state index in [0.29, 0.717) is 64.4 Å². The smallest absolute Gasteiger partial charge is 0.138 e. The number of Topliss-reactive ketones (excluding diaryl/α,β-unsaturated/α-hetero) is 5. The van der Waals surface area contributed by atoms with E-state index in [2.05, 4.69) is 13.8 Å². The molecule has 0 aromatic rings. The Morgan fingerprint density at radius 1 is 0.286 bits per heavy atom. The zero-order valence-corrected chi connectivity index (χ0v) is 35.4. The summed E-state index contributed by atoms with van der Waals surface area (Å²) in [6.07, 6.45) is 21.0.